The van der Waals surface area contributed by atoms with Crippen LogP contribution in [0.1, 0.15) is 64.7 Å². The molecule has 0 aromatic carbocycles. The molecule has 0 unspecified atom stereocenters. The van der Waals surface area contributed by atoms with Gasteiger partial charge in [0.1, 0.15) is 12.2 Å². The average Bonchev–Trinajstić information content (AvgIpc) is 2.67. The van der Waals surface area contributed by atoms with Gasteiger partial charge in [-0.2, -0.15) is 0 Å². The smallest absolute Gasteiger partial charge is 0.336 e. The highest BCUT2D eigenvalue weighted by Gasteiger charge is 2.34. The van der Waals surface area contributed by atoms with E-state index in [0.29, 0.717) is 5.57 Å². The van der Waals surface area contributed by atoms with Crippen LogP contribution in [-0.4, -0.2) is 23.3 Å². The van der Waals surface area contributed by atoms with Crippen molar-refractivity contribution in [1.29, 1.82) is 0 Å². The van der Waals surface area contributed by atoms with Gasteiger partial charge >= 0.3 is 5.97 Å². The van der Waals surface area contributed by atoms with E-state index in [1.54, 1.807) is 6.92 Å². The fourth-order valence-corrected chi connectivity index (χ4v) is 2.45. The normalized spacial score (nSPS) is 24.1. The Hall–Kier alpha value is -1.09. The molecule has 3 heteroatoms. The number of aliphatic hydroxyl groups is 1. The van der Waals surface area contributed by atoms with E-state index in [4.69, 9.17) is 4.74 Å². The Morgan fingerprint density at radius 1 is 1.10 bits per heavy atom. The van der Waals surface area contributed by atoms with E-state index in [9.17, 15) is 9.90 Å². The zero-order valence-corrected chi connectivity index (χ0v) is 12.6. The van der Waals surface area contributed by atoms with Crippen molar-refractivity contribution >= 4 is 5.97 Å². The van der Waals surface area contributed by atoms with Crippen LogP contribution in [-0.2, 0) is 9.53 Å². The number of carbonyl (C=O) groups is 1. The topological polar surface area (TPSA) is 46.5 Å². The molecule has 1 heterocycles. The Morgan fingerprint density at radius 2 is 1.65 bits per heavy atom. The zero-order valence-electron chi connectivity index (χ0n) is 12.6. The molecular formula is C17H28O3. The second-order valence-electron chi connectivity index (χ2n) is 5.56. The Kier molecular flexibility index (Phi) is 8.28. The van der Waals surface area contributed by atoms with Gasteiger partial charge in [0, 0.05) is 0 Å². The summed E-state index contributed by atoms with van der Waals surface area (Å²) in [7, 11) is 0. The molecule has 0 bridgehead atoms. The van der Waals surface area contributed by atoms with Crippen molar-refractivity contribution in [3.05, 3.63) is 24.3 Å². The number of aliphatic hydroxyl groups excluding tert-OH is 1. The third-order valence-electron chi connectivity index (χ3n) is 3.77. The molecule has 0 spiro atoms. The molecule has 0 aromatic heterocycles. The third kappa shape index (κ3) is 5.91. The standard InChI is InChI=1S/C17H28O3/c1-3-4-5-6-7-8-9-10-11-12-13-15-16(18)14(2)20-17(15)19/h3,13-14,16,18H,1,4-12H2,2H3/b15-13-/t14-,16+/m0/s1. The lowest BCUT2D eigenvalue weighted by Crippen LogP contribution is -2.17. The van der Waals surface area contributed by atoms with Crippen LogP contribution < -0.4 is 0 Å². The number of rotatable bonds is 10. The van der Waals surface area contributed by atoms with E-state index < -0.39 is 12.2 Å². The Labute approximate surface area is 122 Å². The lowest BCUT2D eigenvalue weighted by Gasteiger charge is -2.04. The molecule has 3 nitrogen and oxygen atoms in total. The van der Waals surface area contributed by atoms with Crippen molar-refractivity contribution in [2.45, 2.75) is 76.9 Å². The van der Waals surface area contributed by atoms with Gasteiger partial charge in [0.15, 0.2) is 0 Å². The first kappa shape index (κ1) is 17.0. The molecule has 114 valence electrons. The molecule has 1 aliphatic rings. The summed E-state index contributed by atoms with van der Waals surface area (Å²) in [5.41, 5.74) is 0.446. The predicted octanol–water partition coefficient (Wildman–Crippen LogP) is 3.92. The van der Waals surface area contributed by atoms with Crippen LogP contribution in [0.2, 0.25) is 0 Å². The summed E-state index contributed by atoms with van der Waals surface area (Å²) < 4.78 is 4.96. The average molecular weight is 280 g/mol. The van der Waals surface area contributed by atoms with Crippen molar-refractivity contribution < 1.29 is 14.6 Å². The van der Waals surface area contributed by atoms with Crippen molar-refractivity contribution in [2.24, 2.45) is 0 Å². The molecule has 0 amide bonds. The van der Waals surface area contributed by atoms with Gasteiger partial charge in [-0.1, -0.05) is 44.3 Å². The van der Waals surface area contributed by atoms with Crippen LogP contribution in [0.25, 0.3) is 0 Å². The van der Waals surface area contributed by atoms with Gasteiger partial charge in [0.25, 0.3) is 0 Å². The highest BCUT2D eigenvalue weighted by molar-refractivity contribution is 5.92. The maximum Gasteiger partial charge on any atom is 0.336 e. The molecule has 1 saturated heterocycles. The molecule has 0 saturated carbocycles. The molecule has 2 atom stereocenters. The number of cyclic esters (lactones) is 1. The summed E-state index contributed by atoms with van der Waals surface area (Å²) in [6.07, 6.45) is 13.3. The number of unbranched alkanes of at least 4 members (excludes halogenated alkanes) is 8. The van der Waals surface area contributed by atoms with Crippen LogP contribution >= 0.6 is 0 Å². The fourth-order valence-electron chi connectivity index (χ4n) is 2.45. The Balaban J connectivity index is 2.02. The van der Waals surface area contributed by atoms with Crippen molar-refractivity contribution in [3.8, 4) is 0 Å². The Morgan fingerprint density at radius 3 is 2.15 bits per heavy atom. The minimum absolute atomic E-state index is 0.354. The second-order valence-corrected chi connectivity index (χ2v) is 5.56. The van der Waals surface area contributed by atoms with Gasteiger partial charge in [-0.25, -0.2) is 4.79 Å². The predicted molar refractivity (Wildman–Crippen MR) is 81.4 cm³/mol. The van der Waals surface area contributed by atoms with Gasteiger partial charge in [0.05, 0.1) is 5.57 Å². The van der Waals surface area contributed by atoms with Crippen molar-refractivity contribution in [2.75, 3.05) is 0 Å². The summed E-state index contributed by atoms with van der Waals surface area (Å²) in [4.78, 5) is 11.4. The first-order valence-corrected chi connectivity index (χ1v) is 7.86. The monoisotopic (exact) mass is 280 g/mol. The summed E-state index contributed by atoms with van der Waals surface area (Å²) in [5, 5.41) is 9.75. The van der Waals surface area contributed by atoms with Crippen LogP contribution in [0.15, 0.2) is 24.3 Å². The number of ether oxygens (including phenoxy) is 1. The van der Waals surface area contributed by atoms with E-state index in [1.807, 2.05) is 12.2 Å². The quantitative estimate of drug-likeness (QED) is 0.285. The molecule has 20 heavy (non-hydrogen) atoms. The maximum absolute atomic E-state index is 11.4. The van der Waals surface area contributed by atoms with E-state index in [1.165, 1.54) is 38.5 Å². The summed E-state index contributed by atoms with van der Waals surface area (Å²) in [5.74, 6) is -0.354. The van der Waals surface area contributed by atoms with Crippen LogP contribution in [0.5, 0.6) is 0 Å². The van der Waals surface area contributed by atoms with Gasteiger partial charge in [0.2, 0.25) is 0 Å². The largest absolute Gasteiger partial charge is 0.456 e. The lowest BCUT2D eigenvalue weighted by molar-refractivity contribution is -0.138. The Bertz CT molecular complexity index is 333. The summed E-state index contributed by atoms with van der Waals surface area (Å²) in [6, 6.07) is 0. The number of carbonyl (C=O) groups excluding carboxylic acids is 1. The van der Waals surface area contributed by atoms with E-state index in [-0.39, 0.29) is 5.97 Å². The van der Waals surface area contributed by atoms with E-state index >= 15 is 0 Å². The minimum atomic E-state index is -0.743. The summed E-state index contributed by atoms with van der Waals surface area (Å²) >= 11 is 0. The molecule has 0 aliphatic carbocycles. The van der Waals surface area contributed by atoms with E-state index in [2.05, 4.69) is 6.58 Å². The number of esters is 1. The van der Waals surface area contributed by atoms with Crippen LogP contribution in [0, 0.1) is 0 Å². The van der Waals surface area contributed by atoms with Gasteiger partial charge in [-0.3, -0.25) is 0 Å². The van der Waals surface area contributed by atoms with Crippen LogP contribution in [0.3, 0.4) is 0 Å². The SMILES string of the molecule is C=CCCCCCCCCC/C=C1\C(=O)O[C@@H](C)[C@H]1O. The first-order valence-electron chi connectivity index (χ1n) is 7.86. The highest BCUT2D eigenvalue weighted by atomic mass is 16.6. The lowest BCUT2D eigenvalue weighted by atomic mass is 10.0. The minimum Gasteiger partial charge on any atom is -0.456 e. The number of hydrogen-bond donors (Lipinski definition) is 1. The van der Waals surface area contributed by atoms with Gasteiger partial charge < -0.3 is 9.84 Å². The molecule has 0 aromatic rings. The fraction of sp³-hybridized carbons (Fsp3) is 0.706. The molecule has 1 N–H and O–H groups in total. The maximum atomic E-state index is 11.4. The van der Waals surface area contributed by atoms with Crippen molar-refractivity contribution in [1.82, 2.24) is 0 Å². The van der Waals surface area contributed by atoms with E-state index in [0.717, 1.165) is 19.3 Å². The first-order chi connectivity index (χ1) is 9.66. The second kappa shape index (κ2) is 9.76. The molecule has 1 aliphatic heterocycles. The van der Waals surface area contributed by atoms with Gasteiger partial charge in [-0.05, 0) is 32.6 Å². The molecule has 0 radical (unpaired) electrons. The summed E-state index contributed by atoms with van der Waals surface area (Å²) in [6.45, 7) is 5.44. The molecular weight excluding hydrogens is 252 g/mol. The third-order valence-corrected chi connectivity index (χ3v) is 3.77. The van der Waals surface area contributed by atoms with Crippen LogP contribution in [0.4, 0.5) is 0 Å². The molecule has 1 fully saturated rings. The zero-order chi connectivity index (χ0) is 14.8. The number of hydrogen-bond acceptors (Lipinski definition) is 3. The van der Waals surface area contributed by atoms with Gasteiger partial charge in [-0.15, -0.1) is 6.58 Å². The molecule has 1 rings (SSSR count). The number of allylic oxidation sites excluding steroid dienone is 2. The highest BCUT2D eigenvalue weighted by Crippen LogP contribution is 2.22. The van der Waals surface area contributed by atoms with Crippen molar-refractivity contribution in [3.63, 3.8) is 0 Å².